The number of carbonyl (C=O) groups excluding carboxylic acids is 1. The van der Waals surface area contributed by atoms with E-state index in [4.69, 9.17) is 9.47 Å². The standard InChI is InChI=1S/C17H8BrF2NO5/c18-9-1-3-13-8(5-9)6-12-15(22)11-7-10(21(23)24)2-4-14(11)26-17(12,25-13)16(19)20/h1-7,16H. The van der Waals surface area contributed by atoms with Gasteiger partial charge in [0, 0.05) is 22.2 Å². The lowest BCUT2D eigenvalue weighted by molar-refractivity contribution is -0.384. The zero-order valence-electron chi connectivity index (χ0n) is 12.7. The molecule has 0 aliphatic carbocycles. The Morgan fingerprint density at radius 3 is 2.50 bits per heavy atom. The van der Waals surface area contributed by atoms with Crippen LogP contribution >= 0.6 is 15.9 Å². The molecule has 1 atom stereocenters. The highest BCUT2D eigenvalue weighted by molar-refractivity contribution is 9.10. The monoisotopic (exact) mass is 423 g/mol. The molecular weight excluding hydrogens is 416 g/mol. The van der Waals surface area contributed by atoms with E-state index < -0.39 is 28.5 Å². The van der Waals surface area contributed by atoms with Gasteiger partial charge in [-0.1, -0.05) is 15.9 Å². The van der Waals surface area contributed by atoms with Crippen molar-refractivity contribution >= 4 is 33.5 Å². The summed E-state index contributed by atoms with van der Waals surface area (Å²) in [5.74, 6) is -3.46. The maximum Gasteiger partial charge on any atom is 0.344 e. The van der Waals surface area contributed by atoms with Gasteiger partial charge in [-0.15, -0.1) is 0 Å². The molecule has 0 amide bonds. The third-order valence-electron chi connectivity index (χ3n) is 4.12. The minimum atomic E-state index is -3.17. The van der Waals surface area contributed by atoms with Gasteiger partial charge in [0.2, 0.25) is 5.78 Å². The van der Waals surface area contributed by atoms with Gasteiger partial charge in [0.1, 0.15) is 11.5 Å². The molecule has 0 N–H and O–H groups in total. The Morgan fingerprint density at radius 1 is 1.12 bits per heavy atom. The van der Waals surface area contributed by atoms with Crippen molar-refractivity contribution in [3.05, 3.63) is 67.7 Å². The molecule has 4 rings (SSSR count). The third kappa shape index (κ3) is 2.31. The number of ether oxygens (including phenoxy) is 2. The first-order valence-corrected chi connectivity index (χ1v) is 8.12. The number of benzene rings is 2. The highest BCUT2D eigenvalue weighted by atomic mass is 79.9. The summed E-state index contributed by atoms with van der Waals surface area (Å²) in [5, 5.41) is 10.9. The van der Waals surface area contributed by atoms with Crippen LogP contribution in [0, 0.1) is 10.1 Å². The van der Waals surface area contributed by atoms with Crippen LogP contribution in [0.25, 0.3) is 6.08 Å². The van der Waals surface area contributed by atoms with Crippen LogP contribution in [0.2, 0.25) is 0 Å². The lowest BCUT2D eigenvalue weighted by Gasteiger charge is -2.40. The first-order valence-electron chi connectivity index (χ1n) is 7.33. The summed E-state index contributed by atoms with van der Waals surface area (Å²) in [6.45, 7) is 0. The van der Waals surface area contributed by atoms with E-state index in [1.54, 1.807) is 12.1 Å². The second kappa shape index (κ2) is 5.60. The highest BCUT2D eigenvalue weighted by Crippen LogP contribution is 2.47. The second-order valence-corrected chi connectivity index (χ2v) is 6.59. The summed E-state index contributed by atoms with van der Waals surface area (Å²) in [6.07, 6.45) is -1.90. The van der Waals surface area contributed by atoms with Crippen LogP contribution in [0.1, 0.15) is 15.9 Å². The fraction of sp³-hybridized carbons (Fsp3) is 0.118. The van der Waals surface area contributed by atoms with E-state index in [1.165, 1.54) is 12.1 Å². The Morgan fingerprint density at radius 2 is 1.81 bits per heavy atom. The van der Waals surface area contributed by atoms with Crippen LogP contribution in [0.5, 0.6) is 11.5 Å². The van der Waals surface area contributed by atoms with Crippen molar-refractivity contribution in [2.24, 2.45) is 0 Å². The van der Waals surface area contributed by atoms with E-state index in [1.807, 2.05) is 0 Å². The number of ketones is 1. The molecule has 0 spiro atoms. The zero-order valence-corrected chi connectivity index (χ0v) is 14.3. The minimum absolute atomic E-state index is 0.135. The summed E-state index contributed by atoms with van der Waals surface area (Å²) in [6, 6.07) is 7.90. The molecule has 9 heteroatoms. The first-order chi connectivity index (χ1) is 12.3. The second-order valence-electron chi connectivity index (χ2n) is 5.68. The molecule has 0 saturated carbocycles. The van der Waals surface area contributed by atoms with Gasteiger partial charge in [0.15, 0.2) is 0 Å². The summed E-state index contributed by atoms with van der Waals surface area (Å²) < 4.78 is 39.3. The zero-order chi connectivity index (χ0) is 18.6. The Kier molecular flexibility index (Phi) is 3.58. The smallest absolute Gasteiger partial charge is 0.344 e. The Hall–Kier alpha value is -2.81. The van der Waals surface area contributed by atoms with Gasteiger partial charge in [-0.3, -0.25) is 14.9 Å². The number of nitrogens with zero attached hydrogens (tertiary/aromatic N) is 1. The predicted octanol–water partition coefficient (Wildman–Crippen LogP) is 4.37. The Balaban J connectivity index is 1.94. The van der Waals surface area contributed by atoms with Gasteiger partial charge in [-0.2, -0.15) is 0 Å². The normalized spacial score (nSPS) is 20.3. The average Bonchev–Trinajstić information content (AvgIpc) is 2.60. The van der Waals surface area contributed by atoms with Gasteiger partial charge in [0.25, 0.3) is 5.69 Å². The first kappa shape index (κ1) is 16.6. The van der Waals surface area contributed by atoms with E-state index in [2.05, 4.69) is 15.9 Å². The maximum absolute atomic E-state index is 13.9. The largest absolute Gasteiger partial charge is 0.443 e. The SMILES string of the molecule is O=C1C2=Cc3cc(Br)ccc3OC2(C(F)F)Oc2ccc([N+](=O)[O-])cc21. The van der Waals surface area contributed by atoms with E-state index in [0.717, 1.165) is 18.2 Å². The van der Waals surface area contributed by atoms with Crippen LogP contribution in [0.15, 0.2) is 46.4 Å². The minimum Gasteiger partial charge on any atom is -0.443 e. The van der Waals surface area contributed by atoms with Crippen molar-refractivity contribution in [2.75, 3.05) is 0 Å². The summed E-state index contributed by atoms with van der Waals surface area (Å²) in [7, 11) is 0. The Labute approximate surface area is 153 Å². The van der Waals surface area contributed by atoms with Crippen molar-refractivity contribution in [3.8, 4) is 11.5 Å². The van der Waals surface area contributed by atoms with Crippen molar-refractivity contribution in [1.82, 2.24) is 0 Å². The molecule has 132 valence electrons. The average molecular weight is 424 g/mol. The van der Waals surface area contributed by atoms with Crippen molar-refractivity contribution in [3.63, 3.8) is 0 Å². The number of Topliss-reactive ketones (excluding diaryl/α,β-unsaturated/α-hetero) is 1. The molecular formula is C17H8BrF2NO5. The van der Waals surface area contributed by atoms with Crippen LogP contribution in [-0.2, 0) is 0 Å². The van der Waals surface area contributed by atoms with E-state index in [-0.39, 0.29) is 22.7 Å². The number of carbonyl (C=O) groups is 1. The molecule has 2 aliphatic heterocycles. The number of hydrogen-bond acceptors (Lipinski definition) is 5. The topological polar surface area (TPSA) is 78.7 Å². The third-order valence-corrected chi connectivity index (χ3v) is 4.61. The summed E-state index contributed by atoms with van der Waals surface area (Å²) >= 11 is 3.26. The molecule has 2 aliphatic rings. The molecule has 0 bridgehead atoms. The summed E-state index contributed by atoms with van der Waals surface area (Å²) in [4.78, 5) is 23.1. The van der Waals surface area contributed by atoms with Crippen LogP contribution in [0.4, 0.5) is 14.5 Å². The molecule has 0 aromatic heterocycles. The Bertz CT molecular complexity index is 1010. The quantitative estimate of drug-likeness (QED) is 0.529. The van der Waals surface area contributed by atoms with Crippen molar-refractivity contribution in [1.29, 1.82) is 0 Å². The number of hydrogen-bond donors (Lipinski definition) is 0. The lowest BCUT2D eigenvalue weighted by Crippen LogP contribution is -2.56. The number of nitro groups is 1. The van der Waals surface area contributed by atoms with Gasteiger partial charge in [-0.25, -0.2) is 8.78 Å². The van der Waals surface area contributed by atoms with Crippen LogP contribution < -0.4 is 9.47 Å². The van der Waals surface area contributed by atoms with Crippen LogP contribution in [-0.4, -0.2) is 22.9 Å². The van der Waals surface area contributed by atoms with Crippen molar-refractivity contribution in [2.45, 2.75) is 12.2 Å². The van der Waals surface area contributed by atoms with E-state index >= 15 is 0 Å². The number of alkyl halides is 2. The molecule has 2 aromatic carbocycles. The molecule has 26 heavy (non-hydrogen) atoms. The summed E-state index contributed by atoms with van der Waals surface area (Å²) in [5.41, 5.74) is -0.503. The maximum atomic E-state index is 13.9. The lowest BCUT2D eigenvalue weighted by atomic mass is 9.88. The molecule has 2 heterocycles. The highest BCUT2D eigenvalue weighted by Gasteiger charge is 2.57. The van der Waals surface area contributed by atoms with Crippen LogP contribution in [0.3, 0.4) is 0 Å². The van der Waals surface area contributed by atoms with Gasteiger partial charge < -0.3 is 9.47 Å². The molecule has 6 nitrogen and oxygen atoms in total. The van der Waals surface area contributed by atoms with Gasteiger partial charge >= 0.3 is 12.2 Å². The van der Waals surface area contributed by atoms with E-state index in [0.29, 0.717) is 10.0 Å². The van der Waals surface area contributed by atoms with Gasteiger partial charge in [0.05, 0.1) is 16.1 Å². The van der Waals surface area contributed by atoms with Gasteiger partial charge in [-0.05, 0) is 30.3 Å². The molecule has 1 unspecified atom stereocenters. The number of halogens is 3. The molecule has 0 radical (unpaired) electrons. The number of nitro benzene ring substituents is 1. The molecule has 2 aromatic rings. The number of non-ortho nitro benzene ring substituents is 1. The predicted molar refractivity (Wildman–Crippen MR) is 89.5 cm³/mol. The molecule has 0 saturated heterocycles. The number of fused-ring (bicyclic) bond motifs is 3. The molecule has 0 fully saturated rings. The van der Waals surface area contributed by atoms with Crippen molar-refractivity contribution < 1.29 is 28.0 Å². The van der Waals surface area contributed by atoms with E-state index in [9.17, 15) is 23.7 Å². The number of rotatable bonds is 2. The fourth-order valence-corrected chi connectivity index (χ4v) is 3.29. The fourth-order valence-electron chi connectivity index (χ4n) is 2.91.